The van der Waals surface area contributed by atoms with Gasteiger partial charge in [-0.05, 0) is 92.1 Å². The van der Waals surface area contributed by atoms with Crippen molar-refractivity contribution in [3.63, 3.8) is 0 Å². The van der Waals surface area contributed by atoms with Crippen LogP contribution in [0.5, 0.6) is 11.5 Å². The SMILES string of the molecule is CC.N/C=C(/Cn1c(-c2ccc(O)cc2)nc2ccccc2c1=O)N(N)CCCCCn1c(-c2ccc(O)cc2)nc2ccccc2c1=O. The van der Waals surface area contributed by atoms with Gasteiger partial charge in [0, 0.05) is 30.4 Å². The third-order valence-electron chi connectivity index (χ3n) is 8.14. The van der Waals surface area contributed by atoms with Crippen molar-refractivity contribution >= 4 is 21.8 Å². The Hall–Kier alpha value is -5.94. The second-order valence-electron chi connectivity index (χ2n) is 11.3. The van der Waals surface area contributed by atoms with Crippen LogP contribution in [-0.4, -0.2) is 40.9 Å². The molecule has 0 bridgehead atoms. The molecule has 11 nitrogen and oxygen atoms in total. The number of phenols is 2. The second kappa shape index (κ2) is 15.8. The molecule has 0 saturated carbocycles. The van der Waals surface area contributed by atoms with Crippen LogP contribution in [0.2, 0.25) is 0 Å². The van der Waals surface area contributed by atoms with Crippen LogP contribution < -0.4 is 22.7 Å². The highest BCUT2D eigenvalue weighted by atomic mass is 16.3. The average Bonchev–Trinajstić information content (AvgIpc) is 3.13. The summed E-state index contributed by atoms with van der Waals surface area (Å²) in [5, 5.41) is 22.1. The van der Waals surface area contributed by atoms with Crippen molar-refractivity contribution in [2.24, 2.45) is 11.6 Å². The zero-order valence-electron chi connectivity index (χ0n) is 27.7. The normalized spacial score (nSPS) is 11.4. The molecule has 0 unspecified atom stereocenters. The zero-order valence-corrected chi connectivity index (χ0v) is 27.7. The number of allylic oxidation sites excluding steroid dienone is 1. The molecule has 0 fully saturated rings. The first kappa shape index (κ1) is 34.4. The lowest BCUT2D eigenvalue weighted by atomic mass is 10.1. The maximum atomic E-state index is 13.7. The van der Waals surface area contributed by atoms with Gasteiger partial charge in [0.15, 0.2) is 0 Å². The molecule has 6 rings (SSSR count). The van der Waals surface area contributed by atoms with Gasteiger partial charge in [-0.15, -0.1) is 0 Å². The summed E-state index contributed by atoms with van der Waals surface area (Å²) in [7, 11) is 0. The van der Waals surface area contributed by atoms with E-state index in [1.807, 2.05) is 38.1 Å². The molecule has 0 saturated heterocycles. The van der Waals surface area contributed by atoms with E-state index in [0.29, 0.717) is 70.6 Å². The Balaban J connectivity index is 0.00000230. The summed E-state index contributed by atoms with van der Waals surface area (Å²) in [5.41, 5.74) is 8.80. The molecule has 2 heterocycles. The van der Waals surface area contributed by atoms with Gasteiger partial charge < -0.3 is 21.0 Å². The van der Waals surface area contributed by atoms with E-state index in [-0.39, 0.29) is 29.2 Å². The number of phenolic OH excluding ortho intramolecular Hbond substituents is 2. The highest BCUT2D eigenvalue weighted by Gasteiger charge is 2.17. The van der Waals surface area contributed by atoms with Crippen LogP contribution >= 0.6 is 0 Å². The van der Waals surface area contributed by atoms with E-state index in [1.165, 1.54) is 15.8 Å². The van der Waals surface area contributed by atoms with Gasteiger partial charge in [-0.3, -0.25) is 18.7 Å². The summed E-state index contributed by atoms with van der Waals surface area (Å²) in [4.78, 5) is 36.7. The molecule has 0 aliphatic heterocycles. The van der Waals surface area contributed by atoms with Crippen LogP contribution in [0.25, 0.3) is 44.6 Å². The third kappa shape index (κ3) is 7.63. The van der Waals surface area contributed by atoms with E-state index < -0.39 is 0 Å². The van der Waals surface area contributed by atoms with Crippen molar-refractivity contribution in [2.75, 3.05) is 6.54 Å². The lowest BCUT2D eigenvalue weighted by molar-refractivity contribution is 0.325. The standard InChI is InChI=1S/C36H35N7O4.C2H6/c37-22-26(23-42-34(25-14-18-28(45)19-15-25)40-32-11-5-3-9-30(32)36(42)47)43(38)21-7-1-6-20-41-33(24-12-16-27(44)17-13-24)39-31-10-4-2-8-29(31)35(41)46;1-2/h2-5,8-19,22,44-45H,1,6-7,20-21,23,37-38H2;1-2H3/b26-22-;. The van der Waals surface area contributed by atoms with E-state index in [9.17, 15) is 19.8 Å². The Kier molecular flexibility index (Phi) is 11.1. The first-order chi connectivity index (χ1) is 23.8. The maximum absolute atomic E-state index is 13.7. The minimum atomic E-state index is -0.231. The number of nitrogens with zero attached hydrogens (tertiary/aromatic N) is 5. The van der Waals surface area contributed by atoms with Gasteiger partial charge in [-0.2, -0.15) is 0 Å². The Morgan fingerprint density at radius 3 is 1.67 bits per heavy atom. The minimum Gasteiger partial charge on any atom is -0.508 e. The fourth-order valence-corrected chi connectivity index (χ4v) is 5.63. The van der Waals surface area contributed by atoms with Crippen molar-refractivity contribution in [3.8, 4) is 34.3 Å². The molecular formula is C38H41N7O4. The Morgan fingerprint density at radius 2 is 1.16 bits per heavy atom. The van der Waals surface area contributed by atoms with E-state index in [4.69, 9.17) is 21.5 Å². The van der Waals surface area contributed by atoms with Crippen LogP contribution in [0.1, 0.15) is 33.1 Å². The van der Waals surface area contributed by atoms with Crippen molar-refractivity contribution in [1.29, 1.82) is 0 Å². The van der Waals surface area contributed by atoms with Crippen LogP contribution in [0, 0.1) is 0 Å². The molecular weight excluding hydrogens is 618 g/mol. The number of nitrogens with two attached hydrogens (primary N) is 2. The largest absolute Gasteiger partial charge is 0.508 e. The van der Waals surface area contributed by atoms with E-state index in [1.54, 1.807) is 77.4 Å². The summed E-state index contributed by atoms with van der Waals surface area (Å²) in [6, 6.07) is 27.6. The van der Waals surface area contributed by atoms with Crippen molar-refractivity contribution < 1.29 is 10.2 Å². The van der Waals surface area contributed by atoms with Crippen molar-refractivity contribution in [1.82, 2.24) is 24.1 Å². The summed E-state index contributed by atoms with van der Waals surface area (Å²) in [5.74, 6) is 7.69. The van der Waals surface area contributed by atoms with Gasteiger partial charge in [0.25, 0.3) is 11.1 Å². The highest BCUT2D eigenvalue weighted by molar-refractivity contribution is 5.80. The van der Waals surface area contributed by atoms with Crippen molar-refractivity contribution in [3.05, 3.63) is 130 Å². The molecule has 6 N–H and O–H groups in total. The molecule has 6 aromatic rings. The number of hydrogen-bond acceptors (Lipinski definition) is 9. The molecule has 0 aliphatic rings. The minimum absolute atomic E-state index is 0.0913. The lowest BCUT2D eigenvalue weighted by Gasteiger charge is -2.24. The molecule has 0 radical (unpaired) electrons. The number of unbranched alkanes of at least 4 members (excludes halogenated alkanes) is 2. The number of para-hydroxylation sites is 2. The van der Waals surface area contributed by atoms with Gasteiger partial charge >= 0.3 is 0 Å². The summed E-state index contributed by atoms with van der Waals surface area (Å²) >= 11 is 0. The zero-order chi connectivity index (χ0) is 34.9. The molecule has 0 aliphatic carbocycles. The van der Waals surface area contributed by atoms with E-state index in [2.05, 4.69) is 0 Å². The fourth-order valence-electron chi connectivity index (χ4n) is 5.63. The Bertz CT molecular complexity index is 2190. The summed E-state index contributed by atoms with van der Waals surface area (Å²) < 4.78 is 3.22. The number of aromatic hydroxyl groups is 2. The second-order valence-corrected chi connectivity index (χ2v) is 11.3. The molecule has 49 heavy (non-hydrogen) atoms. The first-order valence-corrected chi connectivity index (χ1v) is 16.3. The van der Waals surface area contributed by atoms with Crippen LogP contribution in [-0.2, 0) is 13.1 Å². The lowest BCUT2D eigenvalue weighted by Crippen LogP contribution is -2.36. The van der Waals surface area contributed by atoms with Crippen LogP contribution in [0.4, 0.5) is 0 Å². The molecule has 0 spiro atoms. The smallest absolute Gasteiger partial charge is 0.262 e. The van der Waals surface area contributed by atoms with Gasteiger partial charge in [0.05, 0.1) is 34.0 Å². The first-order valence-electron chi connectivity index (χ1n) is 16.3. The van der Waals surface area contributed by atoms with Gasteiger partial charge in [0.2, 0.25) is 0 Å². The average molecular weight is 660 g/mol. The Labute approximate surface area is 284 Å². The molecule has 0 amide bonds. The summed E-state index contributed by atoms with van der Waals surface area (Å²) in [6.07, 6.45) is 3.55. The van der Waals surface area contributed by atoms with E-state index in [0.717, 1.165) is 12.0 Å². The predicted octanol–water partition coefficient (Wildman–Crippen LogP) is 5.72. The van der Waals surface area contributed by atoms with Crippen molar-refractivity contribution in [2.45, 2.75) is 46.2 Å². The maximum Gasteiger partial charge on any atom is 0.262 e. The predicted molar refractivity (Wildman–Crippen MR) is 195 cm³/mol. The fraction of sp³-hybridized carbons (Fsp3) is 0.211. The van der Waals surface area contributed by atoms with Gasteiger partial charge in [-0.25, -0.2) is 15.8 Å². The molecule has 11 heteroatoms. The van der Waals surface area contributed by atoms with Gasteiger partial charge in [0.1, 0.15) is 23.1 Å². The quantitative estimate of drug-likeness (QED) is 0.0773. The number of rotatable bonds is 11. The Morgan fingerprint density at radius 1 is 0.694 bits per heavy atom. The molecule has 4 aromatic carbocycles. The van der Waals surface area contributed by atoms with Crippen LogP contribution in [0.3, 0.4) is 0 Å². The topological polar surface area (TPSA) is 166 Å². The molecule has 0 atom stereocenters. The number of hydrazine groups is 1. The van der Waals surface area contributed by atoms with Gasteiger partial charge in [-0.1, -0.05) is 38.1 Å². The third-order valence-corrected chi connectivity index (χ3v) is 8.14. The molecule has 252 valence electrons. The molecule has 2 aromatic heterocycles. The summed E-state index contributed by atoms with van der Waals surface area (Å²) in [6.45, 7) is 5.00. The van der Waals surface area contributed by atoms with E-state index >= 15 is 0 Å². The highest BCUT2D eigenvalue weighted by Crippen LogP contribution is 2.24. The monoisotopic (exact) mass is 659 g/mol. The number of benzene rings is 4. The number of hydrogen-bond donors (Lipinski definition) is 4. The van der Waals surface area contributed by atoms with Crippen LogP contribution in [0.15, 0.2) is 119 Å². The number of aromatic nitrogens is 4. The number of fused-ring (bicyclic) bond motifs is 2.